The van der Waals surface area contributed by atoms with Gasteiger partial charge in [0, 0.05) is 22.7 Å². The van der Waals surface area contributed by atoms with Crippen molar-refractivity contribution in [2.45, 2.75) is 40.2 Å². The van der Waals surface area contributed by atoms with Crippen molar-refractivity contribution in [3.8, 4) is 0 Å². The van der Waals surface area contributed by atoms with Gasteiger partial charge >= 0.3 is 0 Å². The van der Waals surface area contributed by atoms with Gasteiger partial charge in [0.05, 0.1) is 10.7 Å². The Balaban J connectivity index is 2.13. The van der Waals surface area contributed by atoms with E-state index in [1.807, 2.05) is 22.7 Å². The zero-order chi connectivity index (χ0) is 13.7. The molecule has 0 aromatic carbocycles. The second-order valence-corrected chi connectivity index (χ2v) is 7.31. The van der Waals surface area contributed by atoms with Crippen LogP contribution in [0.2, 0.25) is 0 Å². The van der Waals surface area contributed by atoms with Gasteiger partial charge in [-0.2, -0.15) is 0 Å². The normalized spacial score (nSPS) is 11.4. The van der Waals surface area contributed by atoms with Crippen LogP contribution in [-0.4, -0.2) is 11.5 Å². The van der Waals surface area contributed by atoms with E-state index in [4.69, 9.17) is 4.98 Å². The molecule has 0 spiro atoms. The molecule has 0 aliphatic heterocycles. The van der Waals surface area contributed by atoms with Gasteiger partial charge in [0.1, 0.15) is 0 Å². The monoisotopic (exact) mass is 294 g/mol. The van der Waals surface area contributed by atoms with Gasteiger partial charge in [-0.15, -0.1) is 22.7 Å². The van der Waals surface area contributed by atoms with Gasteiger partial charge in [-0.05, 0) is 30.3 Å². The van der Waals surface area contributed by atoms with Crippen molar-refractivity contribution in [1.29, 1.82) is 0 Å². The van der Waals surface area contributed by atoms with Crippen LogP contribution in [0.3, 0.4) is 0 Å². The summed E-state index contributed by atoms with van der Waals surface area (Å²) in [5.74, 6) is 0.664. The number of hydrogen-bond acceptors (Lipinski definition) is 4. The highest BCUT2D eigenvalue weighted by molar-refractivity contribution is 7.12. The van der Waals surface area contributed by atoms with Crippen LogP contribution in [0.15, 0.2) is 17.5 Å². The summed E-state index contributed by atoms with van der Waals surface area (Å²) in [5, 5.41) is 6.82. The van der Waals surface area contributed by atoms with Crippen LogP contribution in [0.25, 0.3) is 0 Å². The standard InChI is InChI=1S/C15H22N2S2/c1-4-16-10-14-13(8-11(2)3)17-15(19-14)9-12-6-5-7-18-12/h5-7,11,16H,4,8-10H2,1-3H3. The molecule has 19 heavy (non-hydrogen) atoms. The number of nitrogens with one attached hydrogen (secondary N) is 1. The molecule has 0 aliphatic carbocycles. The van der Waals surface area contributed by atoms with Crippen LogP contribution in [0.5, 0.6) is 0 Å². The highest BCUT2D eigenvalue weighted by Gasteiger charge is 2.12. The summed E-state index contributed by atoms with van der Waals surface area (Å²) in [4.78, 5) is 7.68. The third-order valence-corrected chi connectivity index (χ3v) is 4.84. The van der Waals surface area contributed by atoms with Crippen molar-refractivity contribution in [2.24, 2.45) is 5.92 Å². The second kappa shape index (κ2) is 7.17. The number of thiazole rings is 1. The van der Waals surface area contributed by atoms with E-state index in [9.17, 15) is 0 Å². The lowest BCUT2D eigenvalue weighted by molar-refractivity contribution is 0.626. The van der Waals surface area contributed by atoms with E-state index in [0.717, 1.165) is 25.9 Å². The molecule has 0 atom stereocenters. The molecule has 0 unspecified atom stereocenters. The summed E-state index contributed by atoms with van der Waals surface area (Å²) in [5.41, 5.74) is 1.30. The number of thiophene rings is 1. The Morgan fingerprint density at radius 2 is 2.21 bits per heavy atom. The molecule has 2 heterocycles. The second-order valence-electron chi connectivity index (χ2n) is 5.11. The summed E-state index contributed by atoms with van der Waals surface area (Å²) in [7, 11) is 0. The lowest BCUT2D eigenvalue weighted by Gasteiger charge is -2.04. The Labute approximate surface area is 123 Å². The molecule has 4 heteroatoms. The van der Waals surface area contributed by atoms with Gasteiger partial charge < -0.3 is 5.32 Å². The van der Waals surface area contributed by atoms with Gasteiger partial charge in [0.25, 0.3) is 0 Å². The minimum atomic E-state index is 0.664. The highest BCUT2D eigenvalue weighted by atomic mass is 32.1. The fraction of sp³-hybridized carbons (Fsp3) is 0.533. The first kappa shape index (κ1) is 14.7. The maximum Gasteiger partial charge on any atom is 0.0983 e. The molecular weight excluding hydrogens is 272 g/mol. The molecule has 2 rings (SSSR count). The van der Waals surface area contributed by atoms with Crippen molar-refractivity contribution in [3.05, 3.63) is 38.0 Å². The van der Waals surface area contributed by atoms with Gasteiger partial charge in [-0.1, -0.05) is 26.8 Å². The van der Waals surface area contributed by atoms with E-state index in [2.05, 4.69) is 43.6 Å². The Hall–Kier alpha value is -0.710. The molecule has 0 saturated carbocycles. The first-order valence-electron chi connectivity index (χ1n) is 6.89. The Bertz CT molecular complexity index is 486. The maximum absolute atomic E-state index is 4.86. The van der Waals surface area contributed by atoms with Crippen LogP contribution < -0.4 is 5.32 Å². The number of hydrogen-bond donors (Lipinski definition) is 1. The molecule has 0 saturated heterocycles. The fourth-order valence-corrected chi connectivity index (χ4v) is 3.89. The molecule has 0 aliphatic rings. The zero-order valence-corrected chi connectivity index (χ0v) is 13.5. The van der Waals surface area contributed by atoms with Gasteiger partial charge in [0.2, 0.25) is 0 Å². The lowest BCUT2D eigenvalue weighted by Crippen LogP contribution is -2.12. The smallest absolute Gasteiger partial charge is 0.0983 e. The van der Waals surface area contributed by atoms with Crippen molar-refractivity contribution in [2.75, 3.05) is 6.54 Å². The maximum atomic E-state index is 4.86. The summed E-state index contributed by atoms with van der Waals surface area (Å²) in [6.45, 7) is 8.64. The van der Waals surface area contributed by atoms with E-state index in [1.54, 1.807) is 0 Å². The molecule has 104 valence electrons. The van der Waals surface area contributed by atoms with Crippen molar-refractivity contribution in [1.82, 2.24) is 10.3 Å². The van der Waals surface area contributed by atoms with E-state index >= 15 is 0 Å². The molecule has 0 fully saturated rings. The molecule has 0 amide bonds. The molecule has 2 nitrogen and oxygen atoms in total. The molecule has 0 radical (unpaired) electrons. The summed E-state index contributed by atoms with van der Waals surface area (Å²) in [6.07, 6.45) is 2.07. The average Bonchev–Trinajstić information content (AvgIpc) is 2.97. The van der Waals surface area contributed by atoms with Crippen molar-refractivity contribution in [3.63, 3.8) is 0 Å². The predicted molar refractivity (Wildman–Crippen MR) is 85.2 cm³/mol. The SMILES string of the molecule is CCNCc1sc(Cc2cccs2)nc1CC(C)C. The Morgan fingerprint density at radius 1 is 1.37 bits per heavy atom. The van der Waals surface area contributed by atoms with Crippen LogP contribution in [0.1, 0.15) is 41.2 Å². The number of nitrogens with zero attached hydrogens (tertiary/aromatic N) is 1. The van der Waals surface area contributed by atoms with Crippen LogP contribution in [0, 0.1) is 5.92 Å². The van der Waals surface area contributed by atoms with E-state index in [-0.39, 0.29) is 0 Å². The lowest BCUT2D eigenvalue weighted by atomic mass is 10.1. The molecular formula is C15H22N2S2. The highest BCUT2D eigenvalue weighted by Crippen LogP contribution is 2.24. The third-order valence-electron chi connectivity index (χ3n) is 2.87. The molecule has 2 aromatic heterocycles. The minimum Gasteiger partial charge on any atom is -0.312 e. The molecule has 0 bridgehead atoms. The van der Waals surface area contributed by atoms with Crippen molar-refractivity contribution < 1.29 is 0 Å². The predicted octanol–water partition coefficient (Wildman–Crippen LogP) is 4.10. The van der Waals surface area contributed by atoms with E-state index in [0.29, 0.717) is 5.92 Å². The summed E-state index contributed by atoms with van der Waals surface area (Å²) in [6, 6.07) is 4.31. The molecule has 1 N–H and O–H groups in total. The average molecular weight is 294 g/mol. The van der Waals surface area contributed by atoms with Gasteiger partial charge in [0.15, 0.2) is 0 Å². The fourth-order valence-electron chi connectivity index (χ4n) is 2.00. The van der Waals surface area contributed by atoms with Crippen LogP contribution in [0.4, 0.5) is 0 Å². The summed E-state index contributed by atoms with van der Waals surface area (Å²) >= 11 is 3.69. The van der Waals surface area contributed by atoms with Gasteiger partial charge in [-0.25, -0.2) is 4.98 Å². The zero-order valence-electron chi connectivity index (χ0n) is 11.9. The first-order chi connectivity index (χ1) is 9.19. The van der Waals surface area contributed by atoms with E-state index < -0.39 is 0 Å². The van der Waals surface area contributed by atoms with Gasteiger partial charge in [-0.3, -0.25) is 0 Å². The number of aromatic nitrogens is 1. The van der Waals surface area contributed by atoms with Crippen LogP contribution in [-0.2, 0) is 19.4 Å². The van der Waals surface area contributed by atoms with Crippen LogP contribution >= 0.6 is 22.7 Å². The van der Waals surface area contributed by atoms with E-state index in [1.165, 1.54) is 20.5 Å². The minimum absolute atomic E-state index is 0.664. The Morgan fingerprint density at radius 3 is 2.84 bits per heavy atom. The first-order valence-corrected chi connectivity index (χ1v) is 8.59. The van der Waals surface area contributed by atoms with Crippen molar-refractivity contribution >= 4 is 22.7 Å². The molecule has 2 aromatic rings. The topological polar surface area (TPSA) is 24.9 Å². The Kier molecular flexibility index (Phi) is 5.55. The third kappa shape index (κ3) is 4.41. The number of rotatable bonds is 7. The largest absolute Gasteiger partial charge is 0.312 e. The quantitative estimate of drug-likeness (QED) is 0.831. The summed E-state index contributed by atoms with van der Waals surface area (Å²) < 4.78 is 0.